The second kappa shape index (κ2) is 6.63. The van der Waals surface area contributed by atoms with Crippen LogP contribution in [-0.4, -0.2) is 30.4 Å². The first-order valence-electron chi connectivity index (χ1n) is 6.69. The Morgan fingerprint density at radius 1 is 1.21 bits per heavy atom. The standard InChI is InChI=1S/C13H24N2O4/c1-13(2,3)19-12(17)15-8-9-4-6-10(7-5-9)18-11(14)16/h9-10H,4-8H2,1-3H3,(H2,14,16)(H,15,17). The van der Waals surface area contributed by atoms with E-state index in [-0.39, 0.29) is 12.2 Å². The van der Waals surface area contributed by atoms with Gasteiger partial charge in [0.25, 0.3) is 0 Å². The highest BCUT2D eigenvalue weighted by atomic mass is 16.6. The molecule has 0 heterocycles. The maximum Gasteiger partial charge on any atom is 0.407 e. The number of nitrogens with two attached hydrogens (primary N) is 1. The van der Waals surface area contributed by atoms with E-state index in [0.717, 1.165) is 25.7 Å². The van der Waals surface area contributed by atoms with Crippen LogP contribution < -0.4 is 11.1 Å². The largest absolute Gasteiger partial charge is 0.446 e. The molecule has 0 spiro atoms. The Hall–Kier alpha value is -1.46. The van der Waals surface area contributed by atoms with Gasteiger partial charge >= 0.3 is 12.2 Å². The van der Waals surface area contributed by atoms with Gasteiger partial charge in [-0.3, -0.25) is 0 Å². The lowest BCUT2D eigenvalue weighted by atomic mass is 9.87. The molecule has 0 saturated heterocycles. The molecule has 110 valence electrons. The van der Waals surface area contributed by atoms with Crippen molar-refractivity contribution in [1.29, 1.82) is 0 Å². The lowest BCUT2D eigenvalue weighted by Crippen LogP contribution is -2.37. The maximum atomic E-state index is 11.5. The molecule has 1 rings (SSSR count). The summed E-state index contributed by atoms with van der Waals surface area (Å²) in [7, 11) is 0. The fourth-order valence-electron chi connectivity index (χ4n) is 2.16. The molecular formula is C13H24N2O4. The second-order valence-electron chi connectivity index (χ2n) is 5.96. The molecule has 0 aliphatic heterocycles. The normalized spacial score (nSPS) is 23.5. The lowest BCUT2D eigenvalue weighted by molar-refractivity contribution is 0.0494. The molecule has 3 N–H and O–H groups in total. The summed E-state index contributed by atoms with van der Waals surface area (Å²) in [5.74, 6) is 0.403. The second-order valence-corrected chi connectivity index (χ2v) is 5.96. The van der Waals surface area contributed by atoms with Crippen LogP contribution in [0.3, 0.4) is 0 Å². The number of nitrogens with one attached hydrogen (secondary N) is 1. The number of hydrogen-bond donors (Lipinski definition) is 2. The van der Waals surface area contributed by atoms with E-state index in [1.54, 1.807) is 0 Å². The molecule has 6 nitrogen and oxygen atoms in total. The van der Waals surface area contributed by atoms with E-state index in [4.69, 9.17) is 15.2 Å². The van der Waals surface area contributed by atoms with Crippen molar-refractivity contribution in [3.05, 3.63) is 0 Å². The average molecular weight is 272 g/mol. The topological polar surface area (TPSA) is 90.7 Å². The fraction of sp³-hybridized carbons (Fsp3) is 0.846. The van der Waals surface area contributed by atoms with Crippen molar-refractivity contribution in [2.24, 2.45) is 11.7 Å². The summed E-state index contributed by atoms with van der Waals surface area (Å²) in [5.41, 5.74) is 4.51. The molecule has 0 aromatic heterocycles. The van der Waals surface area contributed by atoms with Crippen molar-refractivity contribution in [1.82, 2.24) is 5.32 Å². The first-order chi connectivity index (χ1) is 8.76. The highest BCUT2D eigenvalue weighted by molar-refractivity contribution is 5.67. The van der Waals surface area contributed by atoms with Gasteiger partial charge in [0.15, 0.2) is 0 Å². The van der Waals surface area contributed by atoms with Gasteiger partial charge in [0, 0.05) is 6.54 Å². The number of hydrogen-bond acceptors (Lipinski definition) is 4. The molecule has 19 heavy (non-hydrogen) atoms. The Morgan fingerprint density at radius 3 is 2.26 bits per heavy atom. The minimum atomic E-state index is -0.713. The van der Waals surface area contributed by atoms with Gasteiger partial charge in [-0.2, -0.15) is 0 Å². The number of carbonyl (C=O) groups is 2. The first kappa shape index (κ1) is 15.6. The van der Waals surface area contributed by atoms with Crippen LogP contribution in [0.4, 0.5) is 9.59 Å². The van der Waals surface area contributed by atoms with Crippen molar-refractivity contribution in [3.8, 4) is 0 Å². The molecule has 0 aromatic carbocycles. The van der Waals surface area contributed by atoms with Crippen LogP contribution in [0.1, 0.15) is 46.5 Å². The minimum Gasteiger partial charge on any atom is -0.446 e. The molecule has 1 saturated carbocycles. The fourth-order valence-corrected chi connectivity index (χ4v) is 2.16. The third-order valence-electron chi connectivity index (χ3n) is 3.01. The molecule has 0 unspecified atom stereocenters. The molecule has 1 fully saturated rings. The quantitative estimate of drug-likeness (QED) is 0.823. The molecular weight excluding hydrogens is 248 g/mol. The summed E-state index contributed by atoms with van der Waals surface area (Å²) in [6.07, 6.45) is 2.24. The van der Waals surface area contributed by atoms with Gasteiger partial charge in [0.1, 0.15) is 11.7 Å². The zero-order valence-corrected chi connectivity index (χ0v) is 11.9. The SMILES string of the molecule is CC(C)(C)OC(=O)NCC1CCC(OC(N)=O)CC1. The van der Waals surface area contributed by atoms with E-state index >= 15 is 0 Å². The highest BCUT2D eigenvalue weighted by Gasteiger charge is 2.24. The number of amides is 2. The predicted molar refractivity (Wildman–Crippen MR) is 70.7 cm³/mol. The van der Waals surface area contributed by atoms with E-state index < -0.39 is 11.7 Å². The van der Waals surface area contributed by atoms with Crippen molar-refractivity contribution in [2.75, 3.05) is 6.54 Å². The summed E-state index contributed by atoms with van der Waals surface area (Å²) in [4.78, 5) is 22.1. The number of alkyl carbamates (subject to hydrolysis) is 1. The Balaban J connectivity index is 2.19. The molecule has 1 aliphatic carbocycles. The predicted octanol–water partition coefficient (Wildman–Crippen LogP) is 2.17. The van der Waals surface area contributed by atoms with E-state index in [2.05, 4.69) is 5.32 Å². The van der Waals surface area contributed by atoms with Crippen LogP contribution in [0.2, 0.25) is 0 Å². The summed E-state index contributed by atoms with van der Waals surface area (Å²) in [5, 5.41) is 2.77. The van der Waals surface area contributed by atoms with Crippen LogP contribution in [0.15, 0.2) is 0 Å². The molecule has 2 amide bonds. The van der Waals surface area contributed by atoms with Gasteiger partial charge in [-0.15, -0.1) is 0 Å². The minimum absolute atomic E-state index is 0.0738. The third kappa shape index (κ3) is 6.88. The van der Waals surface area contributed by atoms with Gasteiger partial charge in [0.05, 0.1) is 0 Å². The number of ether oxygens (including phenoxy) is 2. The summed E-state index contributed by atoms with van der Waals surface area (Å²) in [6, 6.07) is 0. The molecule has 0 radical (unpaired) electrons. The monoisotopic (exact) mass is 272 g/mol. The van der Waals surface area contributed by atoms with Crippen molar-refractivity contribution in [3.63, 3.8) is 0 Å². The van der Waals surface area contributed by atoms with E-state index in [9.17, 15) is 9.59 Å². The van der Waals surface area contributed by atoms with Gasteiger partial charge in [-0.05, 0) is 52.4 Å². The van der Waals surface area contributed by atoms with Crippen LogP contribution in [0, 0.1) is 5.92 Å². The van der Waals surface area contributed by atoms with Gasteiger partial charge in [-0.1, -0.05) is 0 Å². The van der Waals surface area contributed by atoms with Gasteiger partial charge in [0.2, 0.25) is 0 Å². The smallest absolute Gasteiger partial charge is 0.407 e. The third-order valence-corrected chi connectivity index (χ3v) is 3.01. The molecule has 1 aliphatic rings. The highest BCUT2D eigenvalue weighted by Crippen LogP contribution is 2.25. The zero-order valence-electron chi connectivity index (χ0n) is 11.9. The summed E-state index contributed by atoms with van der Waals surface area (Å²) in [6.45, 7) is 6.09. The molecule has 0 aromatic rings. The maximum absolute atomic E-state index is 11.5. The lowest BCUT2D eigenvalue weighted by Gasteiger charge is -2.28. The average Bonchev–Trinajstić information content (AvgIpc) is 2.25. The van der Waals surface area contributed by atoms with Crippen molar-refractivity contribution < 1.29 is 19.1 Å². The summed E-state index contributed by atoms with van der Waals surface area (Å²) < 4.78 is 10.1. The van der Waals surface area contributed by atoms with Gasteiger partial charge in [-0.25, -0.2) is 9.59 Å². The van der Waals surface area contributed by atoms with Crippen molar-refractivity contribution >= 4 is 12.2 Å². The molecule has 6 heteroatoms. The van der Waals surface area contributed by atoms with Crippen LogP contribution in [0.25, 0.3) is 0 Å². The number of carbonyl (C=O) groups excluding carboxylic acids is 2. The Bertz CT molecular complexity index is 317. The van der Waals surface area contributed by atoms with Crippen LogP contribution in [0.5, 0.6) is 0 Å². The summed E-state index contributed by atoms with van der Waals surface area (Å²) >= 11 is 0. The van der Waals surface area contributed by atoms with Crippen LogP contribution in [-0.2, 0) is 9.47 Å². The Morgan fingerprint density at radius 2 is 1.79 bits per heavy atom. The molecule has 0 bridgehead atoms. The van der Waals surface area contributed by atoms with Crippen LogP contribution >= 0.6 is 0 Å². The molecule has 0 atom stereocenters. The zero-order chi connectivity index (χ0) is 14.5. The van der Waals surface area contributed by atoms with Crippen molar-refractivity contribution in [2.45, 2.75) is 58.2 Å². The van der Waals surface area contributed by atoms with Gasteiger partial charge < -0.3 is 20.5 Å². The number of primary amides is 1. The Labute approximate surface area is 114 Å². The van der Waals surface area contributed by atoms with E-state index in [1.165, 1.54) is 0 Å². The Kier molecular flexibility index (Phi) is 5.44. The van der Waals surface area contributed by atoms with E-state index in [1.807, 2.05) is 20.8 Å². The van der Waals surface area contributed by atoms with E-state index in [0.29, 0.717) is 12.5 Å². The first-order valence-corrected chi connectivity index (χ1v) is 6.69. The number of rotatable bonds is 3.